The number of ether oxygens (including phenoxy) is 3. The van der Waals surface area contributed by atoms with Crippen LogP contribution in [-0.2, 0) is 23.8 Å². The summed E-state index contributed by atoms with van der Waals surface area (Å²) >= 11 is 0. The summed E-state index contributed by atoms with van der Waals surface area (Å²) in [7, 11) is 0. The average Bonchev–Trinajstić information content (AvgIpc) is 3.34. The van der Waals surface area contributed by atoms with E-state index in [1.54, 1.807) is 0 Å². The SMILES string of the molecule is CC/C=C\C/C=C\C/C=C\C/C=C\CCCCCCC(=O)OC(COCCCCC/C=C\C/C=C\C/C=C\C/C=C\CC)COC(=O)CCCCCCCCCCC/C=C\CCCCCCCC. The van der Waals surface area contributed by atoms with Crippen LogP contribution in [0, 0.1) is 0 Å². The molecule has 0 aromatic rings. The zero-order valence-electron chi connectivity index (χ0n) is 44.6. The van der Waals surface area contributed by atoms with Crippen molar-refractivity contribution in [3.05, 3.63) is 109 Å². The van der Waals surface area contributed by atoms with Gasteiger partial charge < -0.3 is 14.2 Å². The highest BCUT2D eigenvalue weighted by Crippen LogP contribution is 2.14. The van der Waals surface area contributed by atoms with Gasteiger partial charge >= 0.3 is 11.9 Å². The molecule has 388 valence electrons. The summed E-state index contributed by atoms with van der Waals surface area (Å²) in [6.07, 6.45) is 79.7. The van der Waals surface area contributed by atoms with Gasteiger partial charge in [0, 0.05) is 19.4 Å². The molecule has 5 heteroatoms. The second-order valence-corrected chi connectivity index (χ2v) is 18.4. The van der Waals surface area contributed by atoms with Gasteiger partial charge in [0.2, 0.25) is 0 Å². The Bertz CT molecular complexity index is 1340. The maximum absolute atomic E-state index is 12.8. The molecule has 0 N–H and O–H groups in total. The first-order valence-electron chi connectivity index (χ1n) is 28.4. The Hall–Kier alpha value is -3.44. The van der Waals surface area contributed by atoms with E-state index in [2.05, 4.69) is 130 Å². The number of carbonyl (C=O) groups is 2. The zero-order valence-corrected chi connectivity index (χ0v) is 44.6. The molecule has 0 saturated carbocycles. The third-order valence-corrected chi connectivity index (χ3v) is 11.8. The second kappa shape index (κ2) is 57.9. The van der Waals surface area contributed by atoms with E-state index < -0.39 is 6.10 Å². The van der Waals surface area contributed by atoms with Gasteiger partial charge in [-0.2, -0.15) is 0 Å². The number of allylic oxidation sites excluding steroid dienone is 18. The van der Waals surface area contributed by atoms with Gasteiger partial charge in [0.05, 0.1) is 6.61 Å². The van der Waals surface area contributed by atoms with Crippen LogP contribution in [0.1, 0.15) is 252 Å². The Morgan fingerprint density at radius 3 is 1.07 bits per heavy atom. The molecule has 0 saturated heterocycles. The Balaban J connectivity index is 4.38. The van der Waals surface area contributed by atoms with E-state index in [4.69, 9.17) is 14.2 Å². The molecule has 0 rings (SSSR count). The van der Waals surface area contributed by atoms with Crippen LogP contribution >= 0.6 is 0 Å². The average molecular weight is 944 g/mol. The third kappa shape index (κ3) is 55.2. The molecular formula is C63H106O5. The summed E-state index contributed by atoms with van der Waals surface area (Å²) in [6, 6.07) is 0. The summed E-state index contributed by atoms with van der Waals surface area (Å²) < 4.78 is 17.4. The predicted molar refractivity (Wildman–Crippen MR) is 297 cm³/mol. The molecule has 5 nitrogen and oxygen atoms in total. The lowest BCUT2D eigenvalue weighted by molar-refractivity contribution is -0.163. The van der Waals surface area contributed by atoms with E-state index in [1.807, 2.05) is 0 Å². The minimum absolute atomic E-state index is 0.0557. The van der Waals surface area contributed by atoms with Gasteiger partial charge in [-0.1, -0.05) is 226 Å². The molecule has 0 aliphatic rings. The van der Waals surface area contributed by atoms with Crippen molar-refractivity contribution in [1.29, 1.82) is 0 Å². The quantitative estimate of drug-likeness (QED) is 0.0345. The summed E-state index contributed by atoms with van der Waals surface area (Å²) in [5, 5.41) is 0. The van der Waals surface area contributed by atoms with E-state index in [0.717, 1.165) is 128 Å². The normalized spacial score (nSPS) is 13.0. The van der Waals surface area contributed by atoms with Gasteiger partial charge in [-0.25, -0.2) is 0 Å². The Kier molecular flexibility index (Phi) is 54.9. The van der Waals surface area contributed by atoms with Crippen molar-refractivity contribution in [1.82, 2.24) is 0 Å². The van der Waals surface area contributed by atoms with Gasteiger partial charge in [0.15, 0.2) is 6.10 Å². The Morgan fingerprint density at radius 1 is 0.338 bits per heavy atom. The second-order valence-electron chi connectivity index (χ2n) is 18.4. The zero-order chi connectivity index (χ0) is 49.2. The Morgan fingerprint density at radius 2 is 0.662 bits per heavy atom. The molecule has 0 amide bonds. The largest absolute Gasteiger partial charge is 0.462 e. The first-order valence-corrected chi connectivity index (χ1v) is 28.4. The maximum atomic E-state index is 12.8. The van der Waals surface area contributed by atoms with Crippen LogP contribution < -0.4 is 0 Å². The summed E-state index contributed by atoms with van der Waals surface area (Å²) in [6.45, 7) is 7.51. The van der Waals surface area contributed by atoms with Gasteiger partial charge in [-0.05, 0) is 122 Å². The highest BCUT2D eigenvalue weighted by atomic mass is 16.6. The molecule has 0 aromatic carbocycles. The fraction of sp³-hybridized carbons (Fsp3) is 0.683. The van der Waals surface area contributed by atoms with Gasteiger partial charge in [0.1, 0.15) is 6.61 Å². The van der Waals surface area contributed by atoms with Crippen LogP contribution in [0.15, 0.2) is 109 Å². The van der Waals surface area contributed by atoms with Crippen molar-refractivity contribution in [2.45, 2.75) is 258 Å². The summed E-state index contributed by atoms with van der Waals surface area (Å²) in [4.78, 5) is 25.5. The lowest BCUT2D eigenvalue weighted by atomic mass is 10.1. The number of carbonyl (C=O) groups excluding carboxylic acids is 2. The first kappa shape index (κ1) is 64.6. The minimum Gasteiger partial charge on any atom is -0.462 e. The number of unbranched alkanes of at least 4 members (excludes halogenated alkanes) is 22. The monoisotopic (exact) mass is 943 g/mol. The van der Waals surface area contributed by atoms with Crippen LogP contribution in [0.4, 0.5) is 0 Å². The van der Waals surface area contributed by atoms with E-state index >= 15 is 0 Å². The van der Waals surface area contributed by atoms with E-state index in [0.29, 0.717) is 19.4 Å². The van der Waals surface area contributed by atoms with Crippen molar-refractivity contribution in [3.63, 3.8) is 0 Å². The highest BCUT2D eigenvalue weighted by molar-refractivity contribution is 5.70. The number of rotatable bonds is 51. The van der Waals surface area contributed by atoms with Gasteiger partial charge in [-0.3, -0.25) is 9.59 Å². The molecule has 1 atom stereocenters. The minimum atomic E-state index is -0.574. The molecule has 0 aliphatic heterocycles. The molecule has 0 heterocycles. The predicted octanol–water partition coefficient (Wildman–Crippen LogP) is 19.6. The van der Waals surface area contributed by atoms with Crippen LogP contribution in [0.2, 0.25) is 0 Å². The van der Waals surface area contributed by atoms with Gasteiger partial charge in [0.25, 0.3) is 0 Å². The Labute approximate surface area is 421 Å². The van der Waals surface area contributed by atoms with Crippen LogP contribution in [0.25, 0.3) is 0 Å². The van der Waals surface area contributed by atoms with Crippen molar-refractivity contribution in [3.8, 4) is 0 Å². The van der Waals surface area contributed by atoms with Crippen LogP contribution in [-0.4, -0.2) is 37.9 Å². The van der Waals surface area contributed by atoms with Crippen molar-refractivity contribution in [2.75, 3.05) is 19.8 Å². The third-order valence-electron chi connectivity index (χ3n) is 11.8. The smallest absolute Gasteiger partial charge is 0.306 e. The van der Waals surface area contributed by atoms with Crippen molar-refractivity contribution < 1.29 is 23.8 Å². The summed E-state index contributed by atoms with van der Waals surface area (Å²) in [5.74, 6) is -0.446. The van der Waals surface area contributed by atoms with Crippen LogP contribution in [0.3, 0.4) is 0 Å². The van der Waals surface area contributed by atoms with Crippen LogP contribution in [0.5, 0.6) is 0 Å². The molecular weight excluding hydrogens is 837 g/mol. The maximum Gasteiger partial charge on any atom is 0.306 e. The van der Waals surface area contributed by atoms with E-state index in [1.165, 1.54) is 89.9 Å². The standard InChI is InChI=1S/C63H106O5/c1-4-7-10-13-16-19-22-25-28-31-32-34-35-38-41-44-47-50-53-56-62(64)67-60-61(59-66-58-55-52-49-46-43-40-37-30-27-24-21-18-15-12-9-6-3)68-63(65)57-54-51-48-45-42-39-36-33-29-26-23-20-17-14-11-8-5-2/h8-9,11-12,17-18,20-21,25-30,36,39-40,43,61H,4-7,10,13-16,19,22-24,31-35,37-38,41-42,44-60H2,1-3H3/b11-8-,12-9-,20-17-,21-18-,28-25-,29-26-,30-27-,39-36-,43-40-. The molecule has 0 radical (unpaired) electrons. The topological polar surface area (TPSA) is 61.8 Å². The number of hydrogen-bond acceptors (Lipinski definition) is 5. The van der Waals surface area contributed by atoms with Crippen molar-refractivity contribution in [2.24, 2.45) is 0 Å². The molecule has 0 fully saturated rings. The van der Waals surface area contributed by atoms with Gasteiger partial charge in [-0.15, -0.1) is 0 Å². The fourth-order valence-electron chi connectivity index (χ4n) is 7.60. The molecule has 0 bridgehead atoms. The lowest BCUT2D eigenvalue weighted by Gasteiger charge is -2.18. The molecule has 0 aromatic heterocycles. The first-order chi connectivity index (χ1) is 33.6. The number of esters is 2. The van der Waals surface area contributed by atoms with Crippen molar-refractivity contribution >= 4 is 11.9 Å². The molecule has 68 heavy (non-hydrogen) atoms. The molecule has 1 unspecified atom stereocenters. The van der Waals surface area contributed by atoms with E-state index in [-0.39, 0.29) is 25.2 Å². The summed E-state index contributed by atoms with van der Waals surface area (Å²) in [5.41, 5.74) is 0. The van der Waals surface area contributed by atoms with E-state index in [9.17, 15) is 9.59 Å². The fourth-order valence-corrected chi connectivity index (χ4v) is 7.60. The molecule has 0 aliphatic carbocycles. The molecule has 0 spiro atoms. The number of hydrogen-bond donors (Lipinski definition) is 0. The lowest BCUT2D eigenvalue weighted by Crippen LogP contribution is -2.30. The highest BCUT2D eigenvalue weighted by Gasteiger charge is 2.17.